The van der Waals surface area contributed by atoms with Gasteiger partial charge in [-0.15, -0.1) is 0 Å². The lowest BCUT2D eigenvalue weighted by molar-refractivity contribution is 0.145. The van der Waals surface area contributed by atoms with E-state index < -0.39 is 23.4 Å². The Morgan fingerprint density at radius 2 is 2.08 bits per heavy atom. The Morgan fingerprint density at radius 1 is 1.50 bits per heavy atom. The van der Waals surface area contributed by atoms with Crippen LogP contribution in [0.2, 0.25) is 0 Å². The molecule has 0 aliphatic heterocycles. The van der Waals surface area contributed by atoms with Crippen LogP contribution in [-0.2, 0) is 0 Å². The number of nitrogens with one attached hydrogen (secondary N) is 1. The van der Waals surface area contributed by atoms with Crippen LogP contribution in [-0.4, -0.2) is 4.98 Å². The van der Waals surface area contributed by atoms with Crippen LogP contribution < -0.4 is 5.43 Å². The zero-order valence-corrected chi connectivity index (χ0v) is 6.20. The summed E-state index contributed by atoms with van der Waals surface area (Å²) in [5, 5.41) is 0. The predicted octanol–water partition coefficient (Wildman–Crippen LogP) is 1.76. The molecule has 66 valence electrons. The molecule has 0 saturated carbocycles. The molecule has 0 unspecified atom stereocenters. The second-order valence-electron chi connectivity index (χ2n) is 2.31. The van der Waals surface area contributed by atoms with Crippen molar-refractivity contribution >= 4 is 0 Å². The van der Waals surface area contributed by atoms with Gasteiger partial charge < -0.3 is 4.98 Å². The second kappa shape index (κ2) is 3.00. The highest BCUT2D eigenvalue weighted by Gasteiger charge is 2.14. The number of aromatic nitrogens is 1. The van der Waals surface area contributed by atoms with Gasteiger partial charge in [0, 0.05) is 11.8 Å². The number of H-pyrrole nitrogens is 1. The number of pyridine rings is 1. The fourth-order valence-electron chi connectivity index (χ4n) is 0.843. The van der Waals surface area contributed by atoms with Crippen molar-refractivity contribution in [2.45, 2.75) is 13.3 Å². The van der Waals surface area contributed by atoms with E-state index in [0.717, 1.165) is 6.92 Å². The summed E-state index contributed by atoms with van der Waals surface area (Å²) in [6, 6.07) is 0. The van der Waals surface area contributed by atoms with Crippen molar-refractivity contribution in [3.8, 4) is 0 Å². The fraction of sp³-hybridized carbons (Fsp3) is 0.286. The van der Waals surface area contributed by atoms with Crippen LogP contribution in [0.25, 0.3) is 0 Å². The SMILES string of the molecule is Cc1c(C(F)F)[nH]cc(F)c1=O. The van der Waals surface area contributed by atoms with Crippen LogP contribution >= 0.6 is 0 Å². The molecule has 1 heterocycles. The molecule has 1 aromatic heterocycles. The standard InChI is InChI=1S/C7H6F3NO/c1-3-5(7(9)10)11-2-4(8)6(3)12/h2,7H,1H3,(H,11,12). The van der Waals surface area contributed by atoms with E-state index in [4.69, 9.17) is 0 Å². The average molecular weight is 177 g/mol. The summed E-state index contributed by atoms with van der Waals surface area (Å²) in [5.41, 5.74) is -1.78. The molecule has 0 aliphatic carbocycles. The summed E-state index contributed by atoms with van der Waals surface area (Å²) in [5.74, 6) is -1.04. The Bertz CT molecular complexity index is 345. The number of halogens is 3. The van der Waals surface area contributed by atoms with E-state index in [-0.39, 0.29) is 5.56 Å². The number of hydrogen-bond acceptors (Lipinski definition) is 1. The zero-order chi connectivity index (χ0) is 9.30. The molecule has 1 aromatic rings. The normalized spacial score (nSPS) is 10.8. The van der Waals surface area contributed by atoms with Crippen molar-refractivity contribution in [1.29, 1.82) is 0 Å². The van der Waals surface area contributed by atoms with Gasteiger partial charge in [0.2, 0.25) is 5.43 Å². The van der Waals surface area contributed by atoms with E-state index in [1.54, 1.807) is 0 Å². The number of alkyl halides is 2. The maximum Gasteiger partial charge on any atom is 0.278 e. The molecule has 1 N–H and O–H groups in total. The molecular weight excluding hydrogens is 171 g/mol. The average Bonchev–Trinajstić information content (AvgIpc) is 2.00. The third-order valence-corrected chi connectivity index (χ3v) is 1.53. The van der Waals surface area contributed by atoms with Gasteiger partial charge in [0.1, 0.15) is 0 Å². The smallest absolute Gasteiger partial charge is 0.278 e. The van der Waals surface area contributed by atoms with Gasteiger partial charge in [0.15, 0.2) is 5.82 Å². The molecule has 0 atom stereocenters. The maximum atomic E-state index is 12.4. The quantitative estimate of drug-likeness (QED) is 0.696. The van der Waals surface area contributed by atoms with Crippen LogP contribution in [0.4, 0.5) is 13.2 Å². The summed E-state index contributed by atoms with van der Waals surface area (Å²) in [4.78, 5) is 12.8. The van der Waals surface area contributed by atoms with Crippen molar-refractivity contribution in [3.05, 3.63) is 33.5 Å². The van der Waals surface area contributed by atoms with Gasteiger partial charge in [-0.1, -0.05) is 0 Å². The summed E-state index contributed by atoms with van der Waals surface area (Å²) in [6.07, 6.45) is -2.14. The van der Waals surface area contributed by atoms with Crippen LogP contribution in [0.15, 0.2) is 11.0 Å². The zero-order valence-electron chi connectivity index (χ0n) is 6.20. The lowest BCUT2D eigenvalue weighted by Gasteiger charge is -2.02. The van der Waals surface area contributed by atoms with Gasteiger partial charge in [-0.25, -0.2) is 13.2 Å². The first-order valence-corrected chi connectivity index (χ1v) is 3.20. The van der Waals surface area contributed by atoms with Gasteiger partial charge in [0.25, 0.3) is 6.43 Å². The van der Waals surface area contributed by atoms with Crippen molar-refractivity contribution in [1.82, 2.24) is 4.98 Å². The molecule has 1 rings (SSSR count). The van der Waals surface area contributed by atoms with Crippen molar-refractivity contribution < 1.29 is 13.2 Å². The van der Waals surface area contributed by atoms with Gasteiger partial charge in [-0.3, -0.25) is 4.79 Å². The Morgan fingerprint density at radius 3 is 2.58 bits per heavy atom. The first-order chi connectivity index (χ1) is 5.54. The Kier molecular flexibility index (Phi) is 2.21. The number of hydrogen-bond donors (Lipinski definition) is 1. The Labute approximate surface area is 66.0 Å². The molecule has 0 saturated heterocycles. The number of rotatable bonds is 1. The third kappa shape index (κ3) is 1.34. The van der Waals surface area contributed by atoms with Crippen LogP contribution in [0.3, 0.4) is 0 Å². The van der Waals surface area contributed by atoms with Crippen LogP contribution in [0.1, 0.15) is 17.7 Å². The van der Waals surface area contributed by atoms with E-state index in [2.05, 4.69) is 0 Å². The van der Waals surface area contributed by atoms with E-state index in [1.165, 1.54) is 0 Å². The minimum absolute atomic E-state index is 0.273. The molecule has 2 nitrogen and oxygen atoms in total. The first kappa shape index (κ1) is 8.83. The molecule has 0 bridgehead atoms. The summed E-state index contributed by atoms with van der Waals surface area (Å²) >= 11 is 0. The fourth-order valence-corrected chi connectivity index (χ4v) is 0.843. The second-order valence-corrected chi connectivity index (χ2v) is 2.31. The molecule has 0 radical (unpaired) electrons. The van der Waals surface area contributed by atoms with Gasteiger partial charge in [0.05, 0.1) is 5.69 Å². The van der Waals surface area contributed by atoms with Gasteiger partial charge >= 0.3 is 0 Å². The molecule has 0 fully saturated rings. The molecule has 5 heteroatoms. The van der Waals surface area contributed by atoms with Crippen LogP contribution in [0, 0.1) is 12.7 Å². The number of aromatic amines is 1. The van der Waals surface area contributed by atoms with Gasteiger partial charge in [-0.05, 0) is 6.92 Å². The van der Waals surface area contributed by atoms with Crippen molar-refractivity contribution in [3.63, 3.8) is 0 Å². The topological polar surface area (TPSA) is 32.9 Å². The molecular formula is C7H6F3NO. The minimum Gasteiger partial charge on any atom is -0.357 e. The predicted molar refractivity (Wildman–Crippen MR) is 36.7 cm³/mol. The molecule has 0 aromatic carbocycles. The van der Waals surface area contributed by atoms with Crippen molar-refractivity contribution in [2.75, 3.05) is 0 Å². The third-order valence-electron chi connectivity index (χ3n) is 1.53. The van der Waals surface area contributed by atoms with E-state index in [0.29, 0.717) is 6.20 Å². The molecule has 0 amide bonds. The Hall–Kier alpha value is -1.26. The lowest BCUT2D eigenvalue weighted by atomic mass is 10.2. The minimum atomic E-state index is -2.78. The van der Waals surface area contributed by atoms with Crippen LogP contribution in [0.5, 0.6) is 0 Å². The summed E-state index contributed by atoms with van der Waals surface area (Å²) in [7, 11) is 0. The Balaban J connectivity index is 3.37. The lowest BCUT2D eigenvalue weighted by Crippen LogP contribution is -2.14. The molecule has 0 aliphatic rings. The first-order valence-electron chi connectivity index (χ1n) is 3.20. The maximum absolute atomic E-state index is 12.4. The van der Waals surface area contributed by atoms with E-state index in [9.17, 15) is 18.0 Å². The largest absolute Gasteiger partial charge is 0.357 e. The van der Waals surface area contributed by atoms with E-state index in [1.807, 2.05) is 4.98 Å². The monoisotopic (exact) mass is 177 g/mol. The molecule has 12 heavy (non-hydrogen) atoms. The summed E-state index contributed by atoms with van der Waals surface area (Å²) < 4.78 is 36.5. The summed E-state index contributed by atoms with van der Waals surface area (Å²) in [6.45, 7) is 1.16. The molecule has 0 spiro atoms. The van der Waals surface area contributed by atoms with Crippen molar-refractivity contribution in [2.24, 2.45) is 0 Å². The highest BCUT2D eigenvalue weighted by Crippen LogP contribution is 2.17. The van der Waals surface area contributed by atoms with Gasteiger partial charge in [-0.2, -0.15) is 0 Å². The highest BCUT2D eigenvalue weighted by molar-refractivity contribution is 5.19. The van der Waals surface area contributed by atoms with E-state index >= 15 is 0 Å². The highest BCUT2D eigenvalue weighted by atomic mass is 19.3.